The molecule has 0 atom stereocenters. The molecule has 21 heavy (non-hydrogen) atoms. The zero-order valence-corrected chi connectivity index (χ0v) is 12.6. The smallest absolute Gasteiger partial charge is 0.188 e. The van der Waals surface area contributed by atoms with Crippen LogP contribution in [0.5, 0.6) is 0 Å². The second-order valence-corrected chi connectivity index (χ2v) is 5.93. The molecule has 2 aromatic rings. The summed E-state index contributed by atoms with van der Waals surface area (Å²) < 4.78 is 0. The molecule has 1 aliphatic rings. The molecular formula is C15H19N5S. The third kappa shape index (κ3) is 3.16. The molecule has 3 rings (SSSR count). The third-order valence-corrected chi connectivity index (χ3v) is 4.57. The number of thiazole rings is 1. The molecule has 1 aromatic heterocycles. The van der Waals surface area contributed by atoms with E-state index in [-0.39, 0.29) is 5.96 Å². The van der Waals surface area contributed by atoms with Crippen molar-refractivity contribution in [1.82, 2.24) is 9.88 Å². The van der Waals surface area contributed by atoms with E-state index in [0.29, 0.717) is 0 Å². The lowest BCUT2D eigenvalue weighted by Crippen LogP contribution is -2.39. The Morgan fingerprint density at radius 1 is 1.14 bits per heavy atom. The highest BCUT2D eigenvalue weighted by molar-refractivity contribution is 7.14. The Morgan fingerprint density at radius 2 is 1.95 bits per heavy atom. The first kappa shape index (κ1) is 13.9. The molecule has 1 saturated heterocycles. The first-order valence-corrected chi connectivity index (χ1v) is 7.97. The van der Waals surface area contributed by atoms with Gasteiger partial charge in [0.05, 0.1) is 5.69 Å². The largest absolute Gasteiger partial charge is 0.370 e. The van der Waals surface area contributed by atoms with E-state index in [9.17, 15) is 0 Å². The monoisotopic (exact) mass is 301 g/mol. The fraction of sp³-hybridized carbons (Fsp3) is 0.333. The summed E-state index contributed by atoms with van der Waals surface area (Å²) in [6, 6.07) is 10.2. The molecule has 1 fully saturated rings. The summed E-state index contributed by atoms with van der Waals surface area (Å²) in [6.07, 6.45) is 1.000. The summed E-state index contributed by atoms with van der Waals surface area (Å²) in [7, 11) is 0. The van der Waals surface area contributed by atoms with Crippen LogP contribution in [0.4, 0.5) is 5.13 Å². The van der Waals surface area contributed by atoms with Crippen LogP contribution in [-0.4, -0.2) is 42.0 Å². The predicted molar refractivity (Wildman–Crippen MR) is 87.9 cm³/mol. The van der Waals surface area contributed by atoms with E-state index in [1.165, 1.54) is 0 Å². The molecule has 0 unspecified atom stereocenters. The minimum Gasteiger partial charge on any atom is -0.370 e. The summed E-state index contributed by atoms with van der Waals surface area (Å²) in [5.41, 5.74) is 7.76. The van der Waals surface area contributed by atoms with E-state index in [4.69, 9.17) is 16.1 Å². The van der Waals surface area contributed by atoms with Gasteiger partial charge in [-0.2, -0.15) is 0 Å². The van der Waals surface area contributed by atoms with E-state index in [0.717, 1.165) is 49.0 Å². The molecule has 0 amide bonds. The molecule has 5 nitrogen and oxygen atoms in total. The van der Waals surface area contributed by atoms with Crippen LogP contribution in [0.1, 0.15) is 6.42 Å². The number of hydrogen-bond acceptors (Lipinski definition) is 4. The number of benzene rings is 1. The first-order chi connectivity index (χ1) is 10.2. The van der Waals surface area contributed by atoms with Crippen molar-refractivity contribution in [2.45, 2.75) is 6.42 Å². The van der Waals surface area contributed by atoms with E-state index >= 15 is 0 Å². The molecule has 0 bridgehead atoms. The molecule has 6 heteroatoms. The van der Waals surface area contributed by atoms with Crippen molar-refractivity contribution in [2.24, 2.45) is 5.73 Å². The minimum atomic E-state index is 0.168. The van der Waals surface area contributed by atoms with Gasteiger partial charge < -0.3 is 15.5 Å². The fourth-order valence-electron chi connectivity index (χ4n) is 2.50. The summed E-state index contributed by atoms with van der Waals surface area (Å²) in [5.74, 6) is 0.168. The number of rotatable bonds is 2. The Bertz CT molecular complexity index is 610. The standard InChI is InChI=1S/C15H19N5S/c16-14(17)19-7-4-8-20(10-9-19)15-18-13(11-21-15)12-5-2-1-3-6-12/h1-3,5-6,11H,4,7-10H2,(H3,16,17). The van der Waals surface area contributed by atoms with Crippen molar-refractivity contribution in [3.8, 4) is 11.3 Å². The molecule has 0 saturated carbocycles. The normalized spacial score (nSPS) is 15.8. The lowest BCUT2D eigenvalue weighted by molar-refractivity contribution is 0.440. The molecule has 1 aromatic carbocycles. The van der Waals surface area contributed by atoms with Crippen molar-refractivity contribution in [2.75, 3.05) is 31.1 Å². The van der Waals surface area contributed by atoms with Gasteiger partial charge in [-0.15, -0.1) is 11.3 Å². The summed E-state index contributed by atoms with van der Waals surface area (Å²) in [6.45, 7) is 3.46. The van der Waals surface area contributed by atoms with Crippen molar-refractivity contribution in [3.05, 3.63) is 35.7 Å². The molecule has 0 spiro atoms. The van der Waals surface area contributed by atoms with Gasteiger partial charge in [-0.3, -0.25) is 5.41 Å². The van der Waals surface area contributed by atoms with Gasteiger partial charge in [-0.1, -0.05) is 30.3 Å². The second kappa shape index (κ2) is 6.13. The topological polar surface area (TPSA) is 69.2 Å². The maximum absolute atomic E-state index is 7.55. The Hall–Kier alpha value is -2.08. The van der Waals surface area contributed by atoms with Crippen LogP contribution in [-0.2, 0) is 0 Å². The average Bonchev–Trinajstić information content (AvgIpc) is 2.86. The number of hydrogen-bond donors (Lipinski definition) is 2. The number of aromatic nitrogens is 1. The van der Waals surface area contributed by atoms with Crippen LogP contribution in [0.3, 0.4) is 0 Å². The zero-order chi connectivity index (χ0) is 14.7. The maximum atomic E-state index is 7.55. The first-order valence-electron chi connectivity index (χ1n) is 7.09. The van der Waals surface area contributed by atoms with Crippen LogP contribution in [0.15, 0.2) is 35.7 Å². The molecule has 110 valence electrons. The molecule has 1 aliphatic heterocycles. The Morgan fingerprint density at radius 3 is 2.71 bits per heavy atom. The molecule has 0 aliphatic carbocycles. The highest BCUT2D eigenvalue weighted by atomic mass is 32.1. The van der Waals surface area contributed by atoms with Crippen molar-refractivity contribution < 1.29 is 0 Å². The van der Waals surface area contributed by atoms with Crippen LogP contribution in [0.25, 0.3) is 11.3 Å². The van der Waals surface area contributed by atoms with E-state index < -0.39 is 0 Å². The molecule has 2 heterocycles. The van der Waals surface area contributed by atoms with Gasteiger partial charge in [0.15, 0.2) is 11.1 Å². The number of nitrogens with two attached hydrogens (primary N) is 1. The summed E-state index contributed by atoms with van der Waals surface area (Å²) in [5, 5.41) is 10.7. The number of guanidine groups is 1. The summed E-state index contributed by atoms with van der Waals surface area (Å²) in [4.78, 5) is 8.97. The van der Waals surface area contributed by atoms with Gasteiger partial charge in [-0.25, -0.2) is 4.98 Å². The van der Waals surface area contributed by atoms with Gasteiger partial charge in [0.25, 0.3) is 0 Å². The second-order valence-electron chi connectivity index (χ2n) is 5.09. The van der Waals surface area contributed by atoms with Crippen LogP contribution in [0.2, 0.25) is 0 Å². The molecule has 3 N–H and O–H groups in total. The summed E-state index contributed by atoms with van der Waals surface area (Å²) >= 11 is 1.68. The fourth-order valence-corrected chi connectivity index (χ4v) is 3.39. The molecule has 0 radical (unpaired) electrons. The Kier molecular flexibility index (Phi) is 4.06. The lowest BCUT2D eigenvalue weighted by Gasteiger charge is -2.21. The van der Waals surface area contributed by atoms with E-state index in [2.05, 4.69) is 22.4 Å². The lowest BCUT2D eigenvalue weighted by atomic mass is 10.2. The average molecular weight is 301 g/mol. The number of nitrogens with one attached hydrogen (secondary N) is 1. The van der Waals surface area contributed by atoms with Gasteiger partial charge in [0.1, 0.15) is 0 Å². The van der Waals surface area contributed by atoms with Crippen molar-refractivity contribution in [3.63, 3.8) is 0 Å². The predicted octanol–water partition coefficient (Wildman–Crippen LogP) is 2.22. The highest BCUT2D eigenvalue weighted by Gasteiger charge is 2.18. The quantitative estimate of drug-likeness (QED) is 0.659. The zero-order valence-electron chi connectivity index (χ0n) is 11.8. The van der Waals surface area contributed by atoms with Crippen LogP contribution >= 0.6 is 11.3 Å². The van der Waals surface area contributed by atoms with Crippen LogP contribution < -0.4 is 10.6 Å². The number of nitrogens with zero attached hydrogens (tertiary/aromatic N) is 3. The molecular weight excluding hydrogens is 282 g/mol. The SMILES string of the molecule is N=C(N)N1CCCN(c2nc(-c3ccccc3)cs2)CC1. The van der Waals surface area contributed by atoms with Gasteiger partial charge >= 0.3 is 0 Å². The Balaban J connectivity index is 1.73. The number of anilines is 1. The third-order valence-electron chi connectivity index (χ3n) is 3.67. The van der Waals surface area contributed by atoms with Gasteiger partial charge in [0.2, 0.25) is 0 Å². The Labute approximate surface area is 128 Å². The van der Waals surface area contributed by atoms with Crippen molar-refractivity contribution in [1.29, 1.82) is 5.41 Å². The van der Waals surface area contributed by atoms with Gasteiger partial charge in [-0.05, 0) is 6.42 Å². The van der Waals surface area contributed by atoms with Crippen LogP contribution in [0, 0.1) is 5.41 Å². The highest BCUT2D eigenvalue weighted by Crippen LogP contribution is 2.27. The maximum Gasteiger partial charge on any atom is 0.188 e. The minimum absolute atomic E-state index is 0.168. The van der Waals surface area contributed by atoms with E-state index in [1.54, 1.807) is 11.3 Å². The van der Waals surface area contributed by atoms with E-state index in [1.807, 2.05) is 23.1 Å². The van der Waals surface area contributed by atoms with Gasteiger partial charge in [0, 0.05) is 37.1 Å². The van der Waals surface area contributed by atoms with Crippen molar-refractivity contribution >= 4 is 22.4 Å².